The average molecular weight is 493 g/mol. The third kappa shape index (κ3) is 4.84. The Morgan fingerprint density at radius 1 is 0.865 bits per heavy atom. The van der Waals surface area contributed by atoms with Crippen LogP contribution in [0.4, 0.5) is 0 Å². The number of rotatable bonds is 7. The van der Waals surface area contributed by atoms with E-state index < -0.39 is 0 Å². The zero-order valence-electron chi connectivity index (χ0n) is 21.9. The molecule has 0 unspecified atom stereocenters. The Kier molecular flexibility index (Phi) is 6.40. The van der Waals surface area contributed by atoms with Gasteiger partial charge in [-0.05, 0) is 115 Å². The van der Waals surface area contributed by atoms with E-state index in [9.17, 15) is 4.79 Å². The molecule has 0 heterocycles. The molecule has 3 aromatic rings. The van der Waals surface area contributed by atoms with Crippen molar-refractivity contribution in [3.63, 3.8) is 0 Å². The quantitative estimate of drug-likeness (QED) is 0.247. The van der Waals surface area contributed by atoms with Crippen molar-refractivity contribution >= 4 is 17.6 Å². The first-order chi connectivity index (χ1) is 18.0. The van der Waals surface area contributed by atoms with Crippen molar-refractivity contribution in [2.75, 3.05) is 7.11 Å². The maximum Gasteiger partial charge on any atom is 0.338 e. The molecular weight excluding hydrogens is 456 g/mol. The molecule has 0 aliphatic heterocycles. The molecule has 0 saturated heterocycles. The van der Waals surface area contributed by atoms with Crippen LogP contribution in [0.3, 0.4) is 0 Å². The lowest BCUT2D eigenvalue weighted by molar-refractivity contribution is -0.00616. The summed E-state index contributed by atoms with van der Waals surface area (Å²) >= 11 is 0. The lowest BCUT2D eigenvalue weighted by Gasteiger charge is -2.57. The van der Waals surface area contributed by atoms with E-state index in [4.69, 9.17) is 9.47 Å². The number of allylic oxidation sites excluding steroid dienone is 1. The molecular formula is C34H36O3. The minimum Gasteiger partial charge on any atom is -0.496 e. The largest absolute Gasteiger partial charge is 0.496 e. The van der Waals surface area contributed by atoms with Crippen molar-refractivity contribution in [3.8, 4) is 5.75 Å². The number of esters is 1. The minimum absolute atomic E-state index is 0.282. The summed E-state index contributed by atoms with van der Waals surface area (Å²) in [6.07, 6.45) is 10.5. The Balaban J connectivity index is 1.20. The smallest absolute Gasteiger partial charge is 0.338 e. The van der Waals surface area contributed by atoms with E-state index in [1.54, 1.807) is 0 Å². The molecule has 7 rings (SSSR count). The van der Waals surface area contributed by atoms with Crippen molar-refractivity contribution in [1.82, 2.24) is 0 Å². The molecule has 0 radical (unpaired) electrons. The highest BCUT2D eigenvalue weighted by atomic mass is 16.5. The van der Waals surface area contributed by atoms with Crippen LogP contribution in [0.2, 0.25) is 0 Å². The van der Waals surface area contributed by atoms with Crippen LogP contribution in [0.25, 0.3) is 11.6 Å². The Morgan fingerprint density at radius 2 is 1.49 bits per heavy atom. The van der Waals surface area contributed by atoms with E-state index in [0.717, 1.165) is 34.6 Å². The van der Waals surface area contributed by atoms with Crippen LogP contribution in [0, 0.1) is 17.8 Å². The maximum absolute atomic E-state index is 12.5. The highest BCUT2D eigenvalue weighted by molar-refractivity contribution is 5.90. The number of hydrogen-bond acceptors (Lipinski definition) is 3. The van der Waals surface area contributed by atoms with E-state index in [1.165, 1.54) is 55.2 Å². The second-order valence-corrected chi connectivity index (χ2v) is 11.6. The minimum atomic E-state index is -0.300. The molecule has 190 valence electrons. The molecule has 3 heteroatoms. The van der Waals surface area contributed by atoms with Gasteiger partial charge in [-0.3, -0.25) is 0 Å². The molecule has 4 aliphatic rings. The summed E-state index contributed by atoms with van der Waals surface area (Å²) in [5, 5.41) is 0. The van der Waals surface area contributed by atoms with Gasteiger partial charge in [0.2, 0.25) is 0 Å². The highest BCUT2D eigenvalue weighted by Gasteiger charge is 2.52. The van der Waals surface area contributed by atoms with Gasteiger partial charge in [0.1, 0.15) is 12.4 Å². The number of benzene rings is 3. The van der Waals surface area contributed by atoms with Crippen molar-refractivity contribution in [3.05, 3.63) is 101 Å². The normalized spacial score (nSPS) is 26.2. The topological polar surface area (TPSA) is 35.5 Å². The SMILES string of the molecule is COc1ccc(C(C)=Cc2ccc(C(=O)OCc3ccccc3)cc2)cc1C12CC3CC(CC(C3)C1)C2. The van der Waals surface area contributed by atoms with E-state index in [-0.39, 0.29) is 18.0 Å². The molecule has 0 amide bonds. The Bertz CT molecular complexity index is 1270. The highest BCUT2D eigenvalue weighted by Crippen LogP contribution is 2.62. The molecule has 4 saturated carbocycles. The van der Waals surface area contributed by atoms with Gasteiger partial charge in [-0.2, -0.15) is 0 Å². The molecule has 4 fully saturated rings. The monoisotopic (exact) mass is 492 g/mol. The molecule has 3 aromatic carbocycles. The van der Waals surface area contributed by atoms with E-state index in [0.29, 0.717) is 5.56 Å². The summed E-state index contributed by atoms with van der Waals surface area (Å²) in [5.41, 5.74) is 6.81. The van der Waals surface area contributed by atoms with Crippen LogP contribution in [0.15, 0.2) is 72.8 Å². The van der Waals surface area contributed by atoms with Gasteiger partial charge in [-0.25, -0.2) is 4.79 Å². The van der Waals surface area contributed by atoms with Gasteiger partial charge in [-0.1, -0.05) is 54.6 Å². The molecule has 0 spiro atoms. The van der Waals surface area contributed by atoms with Crippen LogP contribution in [-0.4, -0.2) is 13.1 Å². The van der Waals surface area contributed by atoms with Crippen molar-refractivity contribution in [2.45, 2.75) is 57.5 Å². The molecule has 0 aromatic heterocycles. The second-order valence-electron chi connectivity index (χ2n) is 11.6. The summed E-state index contributed by atoms with van der Waals surface area (Å²) in [4.78, 5) is 12.5. The van der Waals surface area contributed by atoms with E-state index in [2.05, 4.69) is 31.2 Å². The van der Waals surface area contributed by atoms with E-state index in [1.807, 2.05) is 61.7 Å². The Labute approximate surface area is 220 Å². The van der Waals surface area contributed by atoms with Crippen LogP contribution in [0.5, 0.6) is 5.75 Å². The van der Waals surface area contributed by atoms with E-state index >= 15 is 0 Å². The average Bonchev–Trinajstić information content (AvgIpc) is 2.91. The Hall–Kier alpha value is -3.33. The summed E-state index contributed by atoms with van der Waals surface area (Å²) in [7, 11) is 1.81. The summed E-state index contributed by atoms with van der Waals surface area (Å²) in [5.74, 6) is 3.45. The van der Waals surface area contributed by atoms with Crippen molar-refractivity contribution < 1.29 is 14.3 Å². The Morgan fingerprint density at radius 3 is 2.11 bits per heavy atom. The van der Waals surface area contributed by atoms with Gasteiger partial charge < -0.3 is 9.47 Å². The van der Waals surface area contributed by atoms with Gasteiger partial charge >= 0.3 is 5.97 Å². The number of hydrogen-bond donors (Lipinski definition) is 0. The fourth-order valence-electron chi connectivity index (χ4n) is 7.66. The predicted molar refractivity (Wildman–Crippen MR) is 148 cm³/mol. The van der Waals surface area contributed by atoms with Gasteiger partial charge in [0.05, 0.1) is 12.7 Å². The first-order valence-electron chi connectivity index (χ1n) is 13.7. The zero-order valence-corrected chi connectivity index (χ0v) is 21.9. The van der Waals surface area contributed by atoms with Crippen LogP contribution in [-0.2, 0) is 16.8 Å². The molecule has 37 heavy (non-hydrogen) atoms. The fourth-order valence-corrected chi connectivity index (χ4v) is 7.66. The van der Waals surface area contributed by atoms with Gasteiger partial charge in [0.15, 0.2) is 0 Å². The molecule has 0 atom stereocenters. The lowest BCUT2D eigenvalue weighted by atomic mass is 9.48. The summed E-state index contributed by atoms with van der Waals surface area (Å²) in [6, 6.07) is 24.2. The number of ether oxygens (including phenoxy) is 2. The predicted octanol–water partition coefficient (Wildman–Crippen LogP) is 8.08. The molecule has 4 bridgehead atoms. The molecule has 3 nitrogen and oxygen atoms in total. The van der Waals surface area contributed by atoms with Gasteiger partial charge in [0, 0.05) is 5.56 Å². The molecule has 4 aliphatic carbocycles. The first-order valence-corrected chi connectivity index (χ1v) is 13.7. The standard InChI is InChI=1S/C34H36O3/c1-23(14-24-8-10-29(11-9-24)33(35)37-22-25-6-4-3-5-7-25)30-12-13-32(36-2)31(18-30)34-19-26-15-27(20-34)17-28(16-26)21-34/h3-14,18,26-28H,15-17,19-22H2,1-2H3. The number of methoxy groups -OCH3 is 1. The van der Waals surface area contributed by atoms with Crippen LogP contribution in [0.1, 0.15) is 78.1 Å². The summed E-state index contributed by atoms with van der Waals surface area (Å²) < 4.78 is 11.4. The maximum atomic E-state index is 12.5. The second kappa shape index (κ2) is 9.85. The van der Waals surface area contributed by atoms with Crippen LogP contribution < -0.4 is 4.74 Å². The molecule has 0 N–H and O–H groups in total. The first kappa shape index (κ1) is 24.0. The van der Waals surface area contributed by atoms with Gasteiger partial charge in [-0.15, -0.1) is 0 Å². The van der Waals surface area contributed by atoms with Crippen LogP contribution >= 0.6 is 0 Å². The third-order valence-corrected chi connectivity index (χ3v) is 9.01. The zero-order chi connectivity index (χ0) is 25.4. The van der Waals surface area contributed by atoms with Crippen molar-refractivity contribution in [2.24, 2.45) is 17.8 Å². The lowest BCUT2D eigenvalue weighted by Crippen LogP contribution is -2.48. The third-order valence-electron chi connectivity index (χ3n) is 9.01. The fraction of sp³-hybridized carbons (Fsp3) is 0.382. The summed E-state index contributed by atoms with van der Waals surface area (Å²) in [6.45, 7) is 2.46. The van der Waals surface area contributed by atoms with Crippen molar-refractivity contribution in [1.29, 1.82) is 0 Å². The number of carbonyl (C=O) groups excluding carboxylic acids is 1. The number of carbonyl (C=O) groups is 1. The van der Waals surface area contributed by atoms with Gasteiger partial charge in [0.25, 0.3) is 0 Å².